The Kier molecular flexibility index (Phi) is 5.24. The van der Waals surface area contributed by atoms with Crippen LogP contribution in [-0.2, 0) is 10.2 Å². The van der Waals surface area contributed by atoms with Crippen LogP contribution in [0.15, 0.2) is 24.3 Å². The van der Waals surface area contributed by atoms with Crippen molar-refractivity contribution in [3.8, 4) is 0 Å². The molecule has 0 radical (unpaired) electrons. The minimum absolute atomic E-state index is 0.393. The first-order valence-electron chi connectivity index (χ1n) is 7.40. The lowest BCUT2D eigenvalue weighted by molar-refractivity contribution is 0.263. The number of rotatable bonds is 5. The zero-order chi connectivity index (χ0) is 15.5. The molecule has 1 saturated heterocycles. The molecule has 1 aromatic carbocycles. The lowest BCUT2D eigenvalue weighted by Crippen LogP contribution is -2.48. The van der Waals surface area contributed by atoms with E-state index in [0.29, 0.717) is 24.7 Å². The van der Waals surface area contributed by atoms with Crippen LogP contribution >= 0.6 is 0 Å². The van der Waals surface area contributed by atoms with Crippen molar-refractivity contribution in [1.29, 1.82) is 0 Å². The van der Waals surface area contributed by atoms with Gasteiger partial charge in [0.25, 0.3) is 0 Å². The van der Waals surface area contributed by atoms with E-state index in [4.69, 9.17) is 0 Å². The van der Waals surface area contributed by atoms with Gasteiger partial charge in [-0.3, -0.25) is 4.31 Å². The van der Waals surface area contributed by atoms with E-state index in [1.54, 1.807) is 11.4 Å². The summed E-state index contributed by atoms with van der Waals surface area (Å²) in [5, 5.41) is 3.14. The van der Waals surface area contributed by atoms with Gasteiger partial charge in [0.1, 0.15) is 0 Å². The molecule has 0 spiro atoms. The number of piperidine rings is 1. The topological polar surface area (TPSA) is 52.7 Å². The molecular formula is C15H25N3O2S. The fraction of sp³-hybridized carbons (Fsp3) is 0.600. The third kappa shape index (κ3) is 3.75. The molecule has 1 aliphatic rings. The van der Waals surface area contributed by atoms with E-state index in [2.05, 4.69) is 5.32 Å². The molecule has 1 aromatic rings. The van der Waals surface area contributed by atoms with Crippen molar-refractivity contribution < 1.29 is 8.42 Å². The van der Waals surface area contributed by atoms with Crippen LogP contribution in [0.25, 0.3) is 0 Å². The summed E-state index contributed by atoms with van der Waals surface area (Å²) in [7, 11) is 0.0950. The molecule has 1 unspecified atom stereocenters. The SMILES string of the molecule is CNCC1CCCN(S(=O)(=O)N(C)c2ccc(C)cc2)C1. The lowest BCUT2D eigenvalue weighted by Gasteiger charge is -2.35. The molecule has 1 aliphatic heterocycles. The number of nitrogens with one attached hydrogen (secondary N) is 1. The molecule has 0 bridgehead atoms. The van der Waals surface area contributed by atoms with Gasteiger partial charge >= 0.3 is 10.2 Å². The van der Waals surface area contributed by atoms with Crippen LogP contribution in [0, 0.1) is 12.8 Å². The number of aryl methyl sites for hydroxylation is 1. The summed E-state index contributed by atoms with van der Waals surface area (Å²) in [6.07, 6.45) is 2.01. The lowest BCUT2D eigenvalue weighted by atomic mass is 10.00. The van der Waals surface area contributed by atoms with Gasteiger partial charge in [-0.2, -0.15) is 12.7 Å². The van der Waals surface area contributed by atoms with Gasteiger partial charge in [0.2, 0.25) is 0 Å². The third-order valence-electron chi connectivity index (χ3n) is 4.04. The van der Waals surface area contributed by atoms with E-state index in [1.807, 2.05) is 38.2 Å². The highest BCUT2D eigenvalue weighted by Gasteiger charge is 2.31. The summed E-state index contributed by atoms with van der Waals surface area (Å²) in [6.45, 7) is 4.06. The highest BCUT2D eigenvalue weighted by atomic mass is 32.2. The Morgan fingerprint density at radius 1 is 1.33 bits per heavy atom. The van der Waals surface area contributed by atoms with Crippen LogP contribution in [0.5, 0.6) is 0 Å². The number of nitrogens with zero attached hydrogens (tertiary/aromatic N) is 2. The number of hydrogen-bond donors (Lipinski definition) is 1. The molecule has 0 saturated carbocycles. The van der Waals surface area contributed by atoms with Crippen molar-refractivity contribution in [2.45, 2.75) is 19.8 Å². The Hall–Kier alpha value is -1.11. The van der Waals surface area contributed by atoms with Crippen molar-refractivity contribution >= 4 is 15.9 Å². The predicted molar refractivity (Wildman–Crippen MR) is 86.7 cm³/mol. The van der Waals surface area contributed by atoms with E-state index >= 15 is 0 Å². The van der Waals surface area contributed by atoms with E-state index in [9.17, 15) is 8.42 Å². The van der Waals surface area contributed by atoms with E-state index in [0.717, 1.165) is 24.9 Å². The molecule has 21 heavy (non-hydrogen) atoms. The molecule has 118 valence electrons. The standard InChI is InChI=1S/C15H25N3O2S/c1-13-6-8-15(9-7-13)17(3)21(19,20)18-10-4-5-14(12-18)11-16-2/h6-9,14,16H,4-5,10-12H2,1-3H3. The maximum atomic E-state index is 12.8. The van der Waals surface area contributed by atoms with Gasteiger partial charge < -0.3 is 5.32 Å². The Balaban J connectivity index is 2.14. The van der Waals surface area contributed by atoms with Crippen molar-refractivity contribution in [3.63, 3.8) is 0 Å². The highest BCUT2D eigenvalue weighted by molar-refractivity contribution is 7.90. The van der Waals surface area contributed by atoms with Gasteiger partial charge in [-0.05, 0) is 51.4 Å². The molecular weight excluding hydrogens is 286 g/mol. The summed E-state index contributed by atoms with van der Waals surface area (Å²) in [5.74, 6) is 0.393. The first-order chi connectivity index (χ1) is 9.95. The molecule has 1 fully saturated rings. The molecule has 6 heteroatoms. The fourth-order valence-corrected chi connectivity index (χ4v) is 4.25. The Bertz CT molecular complexity index is 555. The molecule has 2 rings (SSSR count). The second-order valence-electron chi connectivity index (χ2n) is 5.73. The second kappa shape index (κ2) is 6.77. The molecule has 1 atom stereocenters. The van der Waals surface area contributed by atoms with Crippen LogP contribution in [0.4, 0.5) is 5.69 Å². The Morgan fingerprint density at radius 2 is 2.00 bits per heavy atom. The predicted octanol–water partition coefficient (Wildman–Crippen LogP) is 1.61. The molecule has 5 nitrogen and oxygen atoms in total. The molecule has 0 amide bonds. The Morgan fingerprint density at radius 3 is 2.62 bits per heavy atom. The number of hydrogen-bond acceptors (Lipinski definition) is 3. The molecule has 0 aromatic heterocycles. The van der Waals surface area contributed by atoms with Crippen LogP contribution in [0.2, 0.25) is 0 Å². The largest absolute Gasteiger partial charge is 0.319 e. The third-order valence-corrected chi connectivity index (χ3v) is 5.93. The van der Waals surface area contributed by atoms with Gasteiger partial charge in [-0.15, -0.1) is 0 Å². The summed E-state index contributed by atoms with van der Waals surface area (Å²) in [5.41, 5.74) is 1.83. The molecule has 0 aliphatic carbocycles. The van der Waals surface area contributed by atoms with E-state index in [1.165, 1.54) is 4.31 Å². The first kappa shape index (κ1) is 16.3. The number of anilines is 1. The normalized spacial score (nSPS) is 20.4. The summed E-state index contributed by atoms with van der Waals surface area (Å²) in [4.78, 5) is 0. The van der Waals surface area contributed by atoms with E-state index < -0.39 is 10.2 Å². The van der Waals surface area contributed by atoms with Crippen molar-refractivity contribution in [2.75, 3.05) is 38.0 Å². The van der Waals surface area contributed by atoms with E-state index in [-0.39, 0.29) is 0 Å². The average Bonchev–Trinajstić information content (AvgIpc) is 2.48. The van der Waals surface area contributed by atoms with Crippen LogP contribution < -0.4 is 9.62 Å². The maximum Gasteiger partial charge on any atom is 0.303 e. The first-order valence-corrected chi connectivity index (χ1v) is 8.80. The summed E-state index contributed by atoms with van der Waals surface area (Å²) >= 11 is 0. The van der Waals surface area contributed by atoms with Gasteiger partial charge in [0.05, 0.1) is 5.69 Å². The fourth-order valence-electron chi connectivity index (χ4n) is 2.75. The second-order valence-corrected chi connectivity index (χ2v) is 7.69. The van der Waals surface area contributed by atoms with Crippen LogP contribution in [0.3, 0.4) is 0 Å². The van der Waals surface area contributed by atoms with Gasteiger partial charge in [0.15, 0.2) is 0 Å². The van der Waals surface area contributed by atoms with Gasteiger partial charge in [0, 0.05) is 20.1 Å². The zero-order valence-electron chi connectivity index (χ0n) is 13.0. The summed E-state index contributed by atoms with van der Waals surface area (Å²) < 4.78 is 28.5. The van der Waals surface area contributed by atoms with Crippen molar-refractivity contribution in [2.24, 2.45) is 5.92 Å². The maximum absolute atomic E-state index is 12.8. The molecule has 1 heterocycles. The average molecular weight is 311 g/mol. The van der Waals surface area contributed by atoms with Gasteiger partial charge in [-0.1, -0.05) is 17.7 Å². The monoisotopic (exact) mass is 311 g/mol. The molecule has 1 N–H and O–H groups in total. The van der Waals surface area contributed by atoms with Crippen LogP contribution in [-0.4, -0.2) is 46.5 Å². The van der Waals surface area contributed by atoms with Gasteiger partial charge in [-0.25, -0.2) is 0 Å². The zero-order valence-corrected chi connectivity index (χ0v) is 13.9. The van der Waals surface area contributed by atoms with Crippen molar-refractivity contribution in [1.82, 2.24) is 9.62 Å². The highest BCUT2D eigenvalue weighted by Crippen LogP contribution is 2.24. The van der Waals surface area contributed by atoms with Crippen LogP contribution in [0.1, 0.15) is 18.4 Å². The minimum atomic E-state index is -3.44. The smallest absolute Gasteiger partial charge is 0.303 e. The summed E-state index contributed by atoms with van der Waals surface area (Å²) in [6, 6.07) is 7.56. The quantitative estimate of drug-likeness (QED) is 0.899. The number of benzene rings is 1. The minimum Gasteiger partial charge on any atom is -0.319 e. The van der Waals surface area contributed by atoms with Crippen molar-refractivity contribution in [3.05, 3.63) is 29.8 Å². The Labute approximate surface area is 128 Å².